The lowest BCUT2D eigenvalue weighted by atomic mass is 9.97. The lowest BCUT2D eigenvalue weighted by molar-refractivity contribution is -0.143. The second kappa shape index (κ2) is 11.0. The summed E-state index contributed by atoms with van der Waals surface area (Å²) >= 11 is 0. The Balaban J connectivity index is 1.22. The van der Waals surface area contributed by atoms with Gasteiger partial charge in [-0.25, -0.2) is 19.0 Å². The molecule has 2 atom stereocenters. The predicted molar refractivity (Wildman–Crippen MR) is 145 cm³/mol. The highest BCUT2D eigenvalue weighted by Gasteiger charge is 2.38. The number of carbonyl (C=O) groups excluding carboxylic acids is 1. The average Bonchev–Trinajstić information content (AvgIpc) is 3.55. The highest BCUT2D eigenvalue weighted by molar-refractivity contribution is 5.93. The van der Waals surface area contributed by atoms with Gasteiger partial charge in [-0.05, 0) is 73.4 Å². The number of benzene rings is 2. The fourth-order valence-electron chi connectivity index (χ4n) is 5.24. The molecule has 1 saturated carbocycles. The first-order valence-corrected chi connectivity index (χ1v) is 13.4. The molecule has 2 aromatic carbocycles. The number of nitrogens with zero attached hydrogens (tertiary/aromatic N) is 5. The molecule has 1 aliphatic carbocycles. The third kappa shape index (κ3) is 5.62. The maximum absolute atomic E-state index is 13.5. The zero-order valence-corrected chi connectivity index (χ0v) is 21.8. The average molecular weight is 541 g/mol. The number of likely N-dealkylation sites (tertiary alicyclic amines) is 1. The van der Waals surface area contributed by atoms with Crippen molar-refractivity contribution in [3.05, 3.63) is 95.8 Å². The van der Waals surface area contributed by atoms with Crippen molar-refractivity contribution in [1.29, 1.82) is 0 Å². The molecule has 0 spiro atoms. The molecule has 2 aromatic heterocycles. The second-order valence-corrected chi connectivity index (χ2v) is 10.4. The lowest BCUT2D eigenvalue weighted by Gasteiger charge is -2.30. The number of carboxylic acids is 1. The van der Waals surface area contributed by atoms with E-state index in [1.165, 1.54) is 12.1 Å². The number of hydrogen-bond acceptors (Lipinski definition) is 6. The van der Waals surface area contributed by atoms with Crippen molar-refractivity contribution in [2.24, 2.45) is 5.92 Å². The van der Waals surface area contributed by atoms with Crippen molar-refractivity contribution in [1.82, 2.24) is 30.0 Å². The van der Waals surface area contributed by atoms with Crippen LogP contribution in [0.1, 0.15) is 46.9 Å². The minimum absolute atomic E-state index is 0.225. The number of nitrogens with one attached hydrogen (secondary N) is 1. The van der Waals surface area contributed by atoms with Crippen molar-refractivity contribution < 1.29 is 19.1 Å². The van der Waals surface area contributed by atoms with Crippen molar-refractivity contribution in [2.45, 2.75) is 37.8 Å². The Labute approximate surface area is 230 Å². The van der Waals surface area contributed by atoms with Crippen LogP contribution >= 0.6 is 0 Å². The number of piperidine rings is 1. The van der Waals surface area contributed by atoms with Crippen LogP contribution in [0.3, 0.4) is 0 Å². The van der Waals surface area contributed by atoms with Gasteiger partial charge >= 0.3 is 5.97 Å². The molecule has 2 aliphatic rings. The zero-order chi connectivity index (χ0) is 27.6. The second-order valence-electron chi connectivity index (χ2n) is 10.4. The maximum Gasteiger partial charge on any atom is 0.306 e. The number of halogens is 1. The van der Waals surface area contributed by atoms with Crippen LogP contribution in [0, 0.1) is 11.7 Å². The van der Waals surface area contributed by atoms with Crippen LogP contribution in [0.15, 0.2) is 73.1 Å². The molecule has 204 valence electrons. The third-order valence-corrected chi connectivity index (χ3v) is 7.66. The van der Waals surface area contributed by atoms with E-state index in [4.69, 9.17) is 4.98 Å². The normalized spacial score (nSPS) is 19.0. The molecule has 1 amide bonds. The molecule has 0 unspecified atom stereocenters. The van der Waals surface area contributed by atoms with Gasteiger partial charge in [0.2, 0.25) is 0 Å². The smallest absolute Gasteiger partial charge is 0.306 e. The van der Waals surface area contributed by atoms with Gasteiger partial charge in [0.05, 0.1) is 17.3 Å². The van der Waals surface area contributed by atoms with E-state index in [9.17, 15) is 19.1 Å². The maximum atomic E-state index is 13.5. The van der Waals surface area contributed by atoms with E-state index >= 15 is 0 Å². The SMILES string of the molecule is O=C(O)C1CCN(C(=O)c2cc(CN[C@@H]3C[C@H]3c3ccc(F)cc3)nc(-c3ccc(-n4cccn4)cc3)n2)CC1. The summed E-state index contributed by atoms with van der Waals surface area (Å²) < 4.78 is 15.1. The number of amides is 1. The van der Waals surface area contributed by atoms with E-state index in [2.05, 4.69) is 15.4 Å². The summed E-state index contributed by atoms with van der Waals surface area (Å²) in [5, 5.41) is 17.1. The Morgan fingerprint density at radius 1 is 1.02 bits per heavy atom. The van der Waals surface area contributed by atoms with Gasteiger partial charge in [-0.3, -0.25) is 9.59 Å². The molecule has 1 saturated heterocycles. The Hall–Kier alpha value is -4.44. The van der Waals surface area contributed by atoms with E-state index < -0.39 is 11.9 Å². The van der Waals surface area contributed by atoms with Crippen LogP contribution in [0.2, 0.25) is 0 Å². The molecular weight excluding hydrogens is 511 g/mol. The largest absolute Gasteiger partial charge is 0.481 e. The van der Waals surface area contributed by atoms with Gasteiger partial charge in [0.1, 0.15) is 11.5 Å². The van der Waals surface area contributed by atoms with Crippen molar-refractivity contribution in [3.8, 4) is 17.1 Å². The van der Waals surface area contributed by atoms with Crippen LogP contribution in [-0.2, 0) is 11.3 Å². The molecule has 2 N–H and O–H groups in total. The number of rotatable bonds is 8. The van der Waals surface area contributed by atoms with Crippen LogP contribution in [0.25, 0.3) is 17.1 Å². The van der Waals surface area contributed by atoms with Gasteiger partial charge < -0.3 is 15.3 Å². The number of aromatic nitrogens is 4. The number of carboxylic acid groups (broad SMARTS) is 1. The van der Waals surface area contributed by atoms with Gasteiger partial charge in [-0.15, -0.1) is 0 Å². The predicted octanol–water partition coefficient (Wildman–Crippen LogP) is 4.05. The van der Waals surface area contributed by atoms with Gasteiger partial charge in [0, 0.05) is 49.6 Å². The fraction of sp³-hybridized carbons (Fsp3) is 0.300. The summed E-state index contributed by atoms with van der Waals surface area (Å²) in [6, 6.07) is 18.1. The molecule has 6 rings (SSSR count). The molecule has 2 fully saturated rings. The van der Waals surface area contributed by atoms with Gasteiger partial charge in [-0.2, -0.15) is 5.10 Å². The number of carbonyl (C=O) groups is 2. The standard InChI is InChI=1S/C30H29FN6O3/c31-22-6-2-19(3-7-22)25-17-26(25)32-18-23-16-27(29(38)36-14-10-21(11-15-36)30(39)40)35-28(34-23)20-4-8-24(9-5-20)37-13-1-12-33-37/h1-9,12-13,16,21,25-26,32H,10-11,14-15,17-18H2,(H,39,40)/t25-,26+/m0/s1. The van der Waals surface area contributed by atoms with Crippen molar-refractivity contribution >= 4 is 11.9 Å². The molecule has 0 radical (unpaired) electrons. The first kappa shape index (κ1) is 25.8. The topological polar surface area (TPSA) is 113 Å². The molecule has 10 heteroatoms. The fourth-order valence-corrected chi connectivity index (χ4v) is 5.24. The van der Waals surface area contributed by atoms with Crippen LogP contribution in [0.4, 0.5) is 4.39 Å². The van der Waals surface area contributed by atoms with Crippen LogP contribution in [-0.4, -0.2) is 60.8 Å². The summed E-state index contributed by atoms with van der Waals surface area (Å²) in [7, 11) is 0. The van der Waals surface area contributed by atoms with Gasteiger partial charge in [0.15, 0.2) is 5.82 Å². The molecule has 3 heterocycles. The summed E-state index contributed by atoms with van der Waals surface area (Å²) in [4.78, 5) is 35.9. The lowest BCUT2D eigenvalue weighted by Crippen LogP contribution is -2.40. The van der Waals surface area contributed by atoms with E-state index in [0.29, 0.717) is 49.9 Å². The number of aliphatic carboxylic acids is 1. The monoisotopic (exact) mass is 540 g/mol. The molecular formula is C30H29FN6O3. The quantitative estimate of drug-likeness (QED) is 0.347. The third-order valence-electron chi connectivity index (χ3n) is 7.66. The van der Waals surface area contributed by atoms with E-state index in [1.807, 2.05) is 48.7 Å². The first-order valence-electron chi connectivity index (χ1n) is 13.4. The molecule has 9 nitrogen and oxygen atoms in total. The van der Waals surface area contributed by atoms with Crippen LogP contribution < -0.4 is 5.32 Å². The Morgan fingerprint density at radius 3 is 2.45 bits per heavy atom. The molecule has 40 heavy (non-hydrogen) atoms. The molecule has 1 aliphatic heterocycles. The van der Waals surface area contributed by atoms with E-state index in [0.717, 1.165) is 23.2 Å². The Bertz CT molecular complexity index is 1500. The minimum Gasteiger partial charge on any atom is -0.481 e. The summed E-state index contributed by atoms with van der Waals surface area (Å²) in [5.74, 6) is -0.954. The number of hydrogen-bond donors (Lipinski definition) is 2. The van der Waals surface area contributed by atoms with E-state index in [-0.39, 0.29) is 23.5 Å². The van der Waals surface area contributed by atoms with Gasteiger partial charge in [-0.1, -0.05) is 12.1 Å². The molecule has 0 bridgehead atoms. The van der Waals surface area contributed by atoms with Gasteiger partial charge in [0.25, 0.3) is 5.91 Å². The van der Waals surface area contributed by atoms with Crippen molar-refractivity contribution in [3.63, 3.8) is 0 Å². The highest BCUT2D eigenvalue weighted by atomic mass is 19.1. The first-order chi connectivity index (χ1) is 19.4. The van der Waals surface area contributed by atoms with E-state index in [1.54, 1.807) is 21.8 Å². The minimum atomic E-state index is -0.817. The summed E-state index contributed by atoms with van der Waals surface area (Å²) in [5.41, 5.74) is 3.74. The summed E-state index contributed by atoms with van der Waals surface area (Å²) in [6.45, 7) is 1.20. The summed E-state index contributed by atoms with van der Waals surface area (Å²) in [6.07, 6.45) is 5.37. The Morgan fingerprint density at radius 2 is 1.77 bits per heavy atom. The van der Waals surface area contributed by atoms with Crippen molar-refractivity contribution in [2.75, 3.05) is 13.1 Å². The highest BCUT2D eigenvalue weighted by Crippen LogP contribution is 2.41. The molecule has 4 aromatic rings. The zero-order valence-electron chi connectivity index (χ0n) is 21.8. The van der Waals surface area contributed by atoms with Crippen LogP contribution in [0.5, 0.6) is 0 Å². The Kier molecular flexibility index (Phi) is 7.08.